The second kappa shape index (κ2) is 7.86. The second-order valence-corrected chi connectivity index (χ2v) is 3.88. The molecule has 0 heterocycles. The standard InChI is InChI=1S/C13H15NO5/c15-8-11(6-7-12(16)17)14-13(18)19-9-10-4-2-1-3-5-10/h1-5,8,11H,6-7,9H2,(H,14,18)(H,16,17). The van der Waals surface area contributed by atoms with Gasteiger partial charge in [0.15, 0.2) is 0 Å². The zero-order valence-corrected chi connectivity index (χ0v) is 10.2. The maximum atomic E-state index is 11.4. The highest BCUT2D eigenvalue weighted by Gasteiger charge is 2.13. The summed E-state index contributed by atoms with van der Waals surface area (Å²) in [4.78, 5) is 32.4. The molecule has 2 N–H and O–H groups in total. The fraction of sp³-hybridized carbons (Fsp3) is 0.308. The highest BCUT2D eigenvalue weighted by atomic mass is 16.5. The predicted molar refractivity (Wildman–Crippen MR) is 66.5 cm³/mol. The quantitative estimate of drug-likeness (QED) is 0.726. The van der Waals surface area contributed by atoms with Crippen LogP contribution in [0.2, 0.25) is 0 Å². The number of carboxylic acid groups (broad SMARTS) is 1. The van der Waals surface area contributed by atoms with Gasteiger partial charge in [0.2, 0.25) is 0 Å². The molecular formula is C13H15NO5. The van der Waals surface area contributed by atoms with E-state index < -0.39 is 18.1 Å². The number of nitrogens with one attached hydrogen (secondary N) is 1. The summed E-state index contributed by atoms with van der Waals surface area (Å²) in [6, 6.07) is 8.23. The Kier molecular flexibility index (Phi) is 6.08. The Morgan fingerprint density at radius 1 is 1.32 bits per heavy atom. The molecule has 0 aliphatic carbocycles. The highest BCUT2D eigenvalue weighted by Crippen LogP contribution is 2.01. The van der Waals surface area contributed by atoms with Gasteiger partial charge in [-0.2, -0.15) is 0 Å². The topological polar surface area (TPSA) is 92.7 Å². The number of carbonyl (C=O) groups excluding carboxylic acids is 2. The van der Waals surface area contributed by atoms with E-state index in [0.717, 1.165) is 5.56 Å². The Morgan fingerprint density at radius 3 is 2.58 bits per heavy atom. The molecule has 102 valence electrons. The summed E-state index contributed by atoms with van der Waals surface area (Å²) in [5.41, 5.74) is 0.825. The number of rotatable bonds is 7. The molecule has 0 saturated carbocycles. The molecule has 1 aromatic rings. The van der Waals surface area contributed by atoms with E-state index in [4.69, 9.17) is 9.84 Å². The number of benzene rings is 1. The number of ether oxygens (including phenoxy) is 1. The van der Waals surface area contributed by atoms with E-state index in [0.29, 0.717) is 6.29 Å². The molecule has 0 aliphatic rings. The van der Waals surface area contributed by atoms with Gasteiger partial charge in [-0.25, -0.2) is 4.79 Å². The lowest BCUT2D eigenvalue weighted by atomic mass is 10.2. The summed E-state index contributed by atoms with van der Waals surface area (Å²) in [5.74, 6) is -1.02. The lowest BCUT2D eigenvalue weighted by molar-refractivity contribution is -0.137. The third-order valence-electron chi connectivity index (χ3n) is 2.35. The van der Waals surface area contributed by atoms with Gasteiger partial charge in [0.05, 0.1) is 6.04 Å². The van der Waals surface area contributed by atoms with Gasteiger partial charge >= 0.3 is 12.1 Å². The number of carboxylic acids is 1. The van der Waals surface area contributed by atoms with E-state index in [-0.39, 0.29) is 19.4 Å². The molecule has 0 spiro atoms. The van der Waals surface area contributed by atoms with Crippen LogP contribution in [-0.2, 0) is 20.9 Å². The summed E-state index contributed by atoms with van der Waals surface area (Å²) in [7, 11) is 0. The summed E-state index contributed by atoms with van der Waals surface area (Å²) in [6.07, 6.45) is -0.403. The largest absolute Gasteiger partial charge is 0.481 e. The van der Waals surface area contributed by atoms with Crippen molar-refractivity contribution in [3.05, 3.63) is 35.9 Å². The van der Waals surface area contributed by atoms with Crippen LogP contribution >= 0.6 is 0 Å². The van der Waals surface area contributed by atoms with Crippen LogP contribution < -0.4 is 5.32 Å². The van der Waals surface area contributed by atoms with Gasteiger partial charge < -0.3 is 20.0 Å². The van der Waals surface area contributed by atoms with Crippen LogP contribution in [0.15, 0.2) is 30.3 Å². The fourth-order valence-electron chi connectivity index (χ4n) is 1.37. The van der Waals surface area contributed by atoms with Crippen molar-refractivity contribution in [1.29, 1.82) is 0 Å². The Labute approximate surface area is 110 Å². The Morgan fingerprint density at radius 2 is 2.00 bits per heavy atom. The molecule has 1 aromatic carbocycles. The van der Waals surface area contributed by atoms with Crippen LogP contribution in [0.3, 0.4) is 0 Å². The van der Waals surface area contributed by atoms with E-state index in [1.54, 1.807) is 12.1 Å². The molecule has 0 saturated heterocycles. The van der Waals surface area contributed by atoms with Gasteiger partial charge in [0, 0.05) is 6.42 Å². The van der Waals surface area contributed by atoms with Crippen LogP contribution in [0.5, 0.6) is 0 Å². The first-order valence-electron chi connectivity index (χ1n) is 5.76. The van der Waals surface area contributed by atoms with Crippen molar-refractivity contribution in [3.63, 3.8) is 0 Å². The Balaban J connectivity index is 2.32. The average molecular weight is 265 g/mol. The maximum Gasteiger partial charge on any atom is 0.408 e. The summed E-state index contributed by atoms with van der Waals surface area (Å²) >= 11 is 0. The first kappa shape index (κ1) is 14.7. The number of amides is 1. The number of carbonyl (C=O) groups is 3. The number of aliphatic carboxylic acids is 1. The van der Waals surface area contributed by atoms with Crippen molar-refractivity contribution >= 4 is 18.3 Å². The smallest absolute Gasteiger partial charge is 0.408 e. The first-order valence-corrected chi connectivity index (χ1v) is 5.76. The predicted octanol–water partition coefficient (Wildman–Crippen LogP) is 1.35. The monoisotopic (exact) mass is 265 g/mol. The van der Waals surface area contributed by atoms with Crippen LogP contribution in [0.4, 0.5) is 4.79 Å². The number of hydrogen-bond donors (Lipinski definition) is 2. The van der Waals surface area contributed by atoms with Gasteiger partial charge in [-0.15, -0.1) is 0 Å². The molecule has 0 radical (unpaired) electrons. The van der Waals surface area contributed by atoms with Gasteiger partial charge in [0.1, 0.15) is 12.9 Å². The molecule has 0 aliphatic heterocycles. The summed E-state index contributed by atoms with van der Waals surface area (Å²) in [5, 5.41) is 10.8. The molecule has 19 heavy (non-hydrogen) atoms. The molecule has 1 unspecified atom stereocenters. The van der Waals surface area contributed by atoms with Crippen LogP contribution in [0.1, 0.15) is 18.4 Å². The number of alkyl carbamates (subject to hydrolysis) is 1. The molecule has 0 bridgehead atoms. The van der Waals surface area contributed by atoms with Gasteiger partial charge in [-0.1, -0.05) is 30.3 Å². The normalized spacial score (nSPS) is 11.4. The van der Waals surface area contributed by atoms with E-state index in [2.05, 4.69) is 5.32 Å². The average Bonchev–Trinajstić information content (AvgIpc) is 2.42. The summed E-state index contributed by atoms with van der Waals surface area (Å²) in [6.45, 7) is 0.0944. The molecule has 0 aromatic heterocycles. The SMILES string of the molecule is O=CC(CCC(=O)O)NC(=O)OCc1ccccc1. The molecule has 0 fully saturated rings. The van der Waals surface area contributed by atoms with Crippen molar-refractivity contribution in [2.75, 3.05) is 0 Å². The molecule has 1 atom stereocenters. The number of aldehydes is 1. The lowest BCUT2D eigenvalue weighted by Crippen LogP contribution is -2.36. The molecular weight excluding hydrogens is 250 g/mol. The van der Waals surface area contributed by atoms with Gasteiger partial charge in [-0.3, -0.25) is 4.79 Å². The molecule has 6 nitrogen and oxygen atoms in total. The van der Waals surface area contributed by atoms with Crippen LogP contribution in [-0.4, -0.2) is 29.5 Å². The van der Waals surface area contributed by atoms with E-state index in [1.807, 2.05) is 18.2 Å². The maximum absolute atomic E-state index is 11.4. The Bertz CT molecular complexity index is 432. The lowest BCUT2D eigenvalue weighted by Gasteiger charge is -2.11. The third kappa shape index (κ3) is 6.21. The second-order valence-electron chi connectivity index (χ2n) is 3.88. The van der Waals surface area contributed by atoms with Crippen molar-refractivity contribution in [2.45, 2.75) is 25.5 Å². The Hall–Kier alpha value is -2.37. The minimum atomic E-state index is -1.02. The molecule has 1 rings (SSSR count). The third-order valence-corrected chi connectivity index (χ3v) is 2.35. The van der Waals surface area contributed by atoms with E-state index in [1.165, 1.54) is 0 Å². The van der Waals surface area contributed by atoms with Crippen molar-refractivity contribution in [1.82, 2.24) is 5.32 Å². The highest BCUT2D eigenvalue weighted by molar-refractivity contribution is 5.74. The number of hydrogen-bond acceptors (Lipinski definition) is 4. The zero-order valence-electron chi connectivity index (χ0n) is 10.2. The van der Waals surface area contributed by atoms with Gasteiger partial charge in [-0.05, 0) is 12.0 Å². The van der Waals surface area contributed by atoms with Crippen LogP contribution in [0, 0.1) is 0 Å². The molecule has 1 amide bonds. The van der Waals surface area contributed by atoms with Crippen molar-refractivity contribution in [2.24, 2.45) is 0 Å². The zero-order chi connectivity index (χ0) is 14.1. The van der Waals surface area contributed by atoms with E-state index in [9.17, 15) is 14.4 Å². The van der Waals surface area contributed by atoms with E-state index >= 15 is 0 Å². The van der Waals surface area contributed by atoms with Crippen molar-refractivity contribution < 1.29 is 24.2 Å². The summed E-state index contributed by atoms with van der Waals surface area (Å²) < 4.78 is 4.91. The minimum Gasteiger partial charge on any atom is -0.481 e. The molecule has 6 heteroatoms. The van der Waals surface area contributed by atoms with Crippen molar-refractivity contribution in [3.8, 4) is 0 Å². The fourth-order valence-corrected chi connectivity index (χ4v) is 1.37. The van der Waals surface area contributed by atoms with Crippen LogP contribution in [0.25, 0.3) is 0 Å². The minimum absolute atomic E-state index is 0.0409. The van der Waals surface area contributed by atoms with Gasteiger partial charge in [0.25, 0.3) is 0 Å². The first-order chi connectivity index (χ1) is 9.11.